The van der Waals surface area contributed by atoms with Gasteiger partial charge in [0.1, 0.15) is 5.78 Å². The van der Waals surface area contributed by atoms with Crippen LogP contribution in [0.5, 0.6) is 0 Å². The molecule has 0 heterocycles. The van der Waals surface area contributed by atoms with Crippen LogP contribution in [0.25, 0.3) is 0 Å². The third-order valence-electron chi connectivity index (χ3n) is 4.92. The van der Waals surface area contributed by atoms with E-state index in [1.807, 2.05) is 30.3 Å². The maximum absolute atomic E-state index is 12.8. The maximum Gasteiger partial charge on any atom is 0.391 e. The summed E-state index contributed by atoms with van der Waals surface area (Å²) in [5.41, 5.74) is 1.14. The molecule has 4 heteroatoms. The lowest BCUT2D eigenvalue weighted by molar-refractivity contribution is -0.186. The van der Waals surface area contributed by atoms with Crippen LogP contribution < -0.4 is 0 Å². The fourth-order valence-corrected chi connectivity index (χ4v) is 3.63. The topological polar surface area (TPSA) is 17.1 Å². The van der Waals surface area contributed by atoms with Gasteiger partial charge in [-0.1, -0.05) is 36.8 Å². The Morgan fingerprint density at radius 2 is 1.76 bits per heavy atom. The van der Waals surface area contributed by atoms with Crippen molar-refractivity contribution in [3.05, 3.63) is 35.9 Å². The molecule has 114 valence electrons. The average Bonchev–Trinajstić information content (AvgIpc) is 3.27. The lowest BCUT2D eigenvalue weighted by Crippen LogP contribution is -2.32. The molecule has 0 bridgehead atoms. The van der Waals surface area contributed by atoms with Crippen LogP contribution in [0.4, 0.5) is 13.2 Å². The Hall–Kier alpha value is -1.32. The van der Waals surface area contributed by atoms with E-state index in [0.717, 1.165) is 12.0 Å². The molecule has 3 rings (SSSR count). The van der Waals surface area contributed by atoms with Gasteiger partial charge in [0.15, 0.2) is 0 Å². The van der Waals surface area contributed by atoms with Gasteiger partial charge >= 0.3 is 6.18 Å². The summed E-state index contributed by atoms with van der Waals surface area (Å²) in [7, 11) is 0. The minimum absolute atomic E-state index is 0.000340. The third-order valence-corrected chi connectivity index (χ3v) is 4.92. The first kappa shape index (κ1) is 14.6. The molecule has 0 spiro atoms. The molecule has 0 amide bonds. The number of hydrogen-bond donors (Lipinski definition) is 0. The van der Waals surface area contributed by atoms with Gasteiger partial charge in [0.25, 0.3) is 0 Å². The minimum Gasteiger partial charge on any atom is -0.299 e. The van der Waals surface area contributed by atoms with Gasteiger partial charge in [-0.25, -0.2) is 0 Å². The number of carbonyl (C=O) groups excluding carboxylic acids is 1. The zero-order valence-electron chi connectivity index (χ0n) is 11.8. The summed E-state index contributed by atoms with van der Waals surface area (Å²) in [6.45, 7) is 0. The van der Waals surface area contributed by atoms with Crippen LogP contribution in [0.15, 0.2) is 30.3 Å². The Balaban J connectivity index is 1.62. The quantitative estimate of drug-likeness (QED) is 0.788. The summed E-state index contributed by atoms with van der Waals surface area (Å²) in [6, 6.07) is 9.80. The van der Waals surface area contributed by atoms with Gasteiger partial charge in [0.05, 0.1) is 5.92 Å². The highest BCUT2D eigenvalue weighted by Crippen LogP contribution is 2.51. The second-order valence-corrected chi connectivity index (χ2v) is 6.36. The molecule has 4 unspecified atom stereocenters. The molecule has 1 aromatic carbocycles. The van der Waals surface area contributed by atoms with E-state index < -0.39 is 12.1 Å². The molecule has 0 N–H and O–H groups in total. The van der Waals surface area contributed by atoms with Crippen LogP contribution in [0.1, 0.15) is 43.6 Å². The van der Waals surface area contributed by atoms with Crippen molar-refractivity contribution in [2.24, 2.45) is 17.8 Å². The van der Waals surface area contributed by atoms with E-state index in [1.54, 1.807) is 0 Å². The number of Topliss-reactive ketones (excluding diaryl/α,β-unsaturated/α-hetero) is 1. The molecule has 1 aromatic rings. The molecule has 2 aliphatic rings. The lowest BCUT2D eigenvalue weighted by atomic mass is 9.77. The van der Waals surface area contributed by atoms with E-state index in [2.05, 4.69) is 0 Å². The van der Waals surface area contributed by atoms with Gasteiger partial charge < -0.3 is 0 Å². The fourth-order valence-electron chi connectivity index (χ4n) is 3.63. The van der Waals surface area contributed by atoms with Crippen molar-refractivity contribution in [2.75, 3.05) is 0 Å². The van der Waals surface area contributed by atoms with Gasteiger partial charge in [-0.15, -0.1) is 0 Å². The molecule has 2 aliphatic carbocycles. The van der Waals surface area contributed by atoms with E-state index in [9.17, 15) is 18.0 Å². The second-order valence-electron chi connectivity index (χ2n) is 6.36. The number of carbonyl (C=O) groups is 1. The van der Waals surface area contributed by atoms with Crippen LogP contribution in [0.3, 0.4) is 0 Å². The summed E-state index contributed by atoms with van der Waals surface area (Å²) in [4.78, 5) is 12.4. The van der Waals surface area contributed by atoms with Gasteiger partial charge in [0, 0.05) is 11.8 Å². The predicted molar refractivity (Wildman–Crippen MR) is 73.8 cm³/mol. The number of halogens is 3. The third kappa shape index (κ3) is 3.14. The fraction of sp³-hybridized carbons (Fsp3) is 0.588. The smallest absolute Gasteiger partial charge is 0.299 e. The zero-order chi connectivity index (χ0) is 15.0. The number of alkyl halides is 3. The van der Waals surface area contributed by atoms with Gasteiger partial charge in [-0.3, -0.25) is 4.79 Å². The van der Waals surface area contributed by atoms with Crippen LogP contribution in [0, 0.1) is 17.8 Å². The van der Waals surface area contributed by atoms with E-state index >= 15 is 0 Å². The first-order valence-corrected chi connectivity index (χ1v) is 7.62. The van der Waals surface area contributed by atoms with Crippen LogP contribution >= 0.6 is 0 Å². The Morgan fingerprint density at radius 3 is 2.43 bits per heavy atom. The van der Waals surface area contributed by atoms with Crippen molar-refractivity contribution in [1.29, 1.82) is 0 Å². The zero-order valence-corrected chi connectivity index (χ0v) is 11.8. The number of rotatable bonds is 3. The largest absolute Gasteiger partial charge is 0.391 e. The standard InChI is InChI=1S/C17H19F3O/c18-17(19,20)13-8-4-7-12(9-13)16(21)15-10-14(15)11-5-2-1-3-6-11/h1-3,5-6,12-15H,4,7-10H2. The first-order chi connectivity index (χ1) is 9.97. The molecule has 0 aliphatic heterocycles. The summed E-state index contributed by atoms with van der Waals surface area (Å²) in [6.07, 6.45) is -2.02. The summed E-state index contributed by atoms with van der Waals surface area (Å²) >= 11 is 0. The monoisotopic (exact) mass is 296 g/mol. The Bertz CT molecular complexity index is 509. The van der Waals surface area contributed by atoms with Crippen molar-refractivity contribution in [1.82, 2.24) is 0 Å². The Morgan fingerprint density at radius 1 is 1.05 bits per heavy atom. The first-order valence-electron chi connectivity index (χ1n) is 7.62. The van der Waals surface area contributed by atoms with E-state index in [0.29, 0.717) is 12.8 Å². The number of hydrogen-bond acceptors (Lipinski definition) is 1. The van der Waals surface area contributed by atoms with Crippen molar-refractivity contribution in [2.45, 2.75) is 44.2 Å². The summed E-state index contributed by atoms with van der Waals surface area (Å²) < 4.78 is 38.5. The SMILES string of the molecule is O=C(C1CCCC(C(F)(F)F)C1)C1CC1c1ccccc1. The minimum atomic E-state index is -4.15. The Kier molecular flexibility index (Phi) is 3.80. The highest BCUT2D eigenvalue weighted by molar-refractivity contribution is 5.87. The lowest BCUT2D eigenvalue weighted by Gasteiger charge is -2.29. The number of benzene rings is 1. The van der Waals surface area contributed by atoms with Crippen molar-refractivity contribution in [3.8, 4) is 0 Å². The Labute approximate surface area is 122 Å². The normalized spacial score (nSPS) is 32.7. The van der Waals surface area contributed by atoms with Crippen molar-refractivity contribution in [3.63, 3.8) is 0 Å². The second kappa shape index (κ2) is 5.47. The van der Waals surface area contributed by atoms with Gasteiger partial charge in [-0.2, -0.15) is 13.2 Å². The van der Waals surface area contributed by atoms with Gasteiger partial charge in [0.2, 0.25) is 0 Å². The van der Waals surface area contributed by atoms with E-state index in [1.165, 1.54) is 0 Å². The molecule has 0 radical (unpaired) electrons. The summed E-state index contributed by atoms with van der Waals surface area (Å²) in [5, 5.41) is 0. The van der Waals surface area contributed by atoms with E-state index in [4.69, 9.17) is 0 Å². The van der Waals surface area contributed by atoms with Crippen molar-refractivity contribution < 1.29 is 18.0 Å². The molecule has 0 saturated heterocycles. The summed E-state index contributed by atoms with van der Waals surface area (Å²) in [5.74, 6) is -1.43. The molecule has 2 fully saturated rings. The van der Waals surface area contributed by atoms with Crippen LogP contribution in [-0.2, 0) is 4.79 Å². The molecule has 1 nitrogen and oxygen atoms in total. The van der Waals surface area contributed by atoms with Gasteiger partial charge in [-0.05, 0) is 37.2 Å². The van der Waals surface area contributed by atoms with Crippen LogP contribution in [0.2, 0.25) is 0 Å². The maximum atomic E-state index is 12.8. The molecule has 2 saturated carbocycles. The molecule has 4 atom stereocenters. The van der Waals surface area contributed by atoms with E-state index in [-0.39, 0.29) is 36.4 Å². The molecule has 21 heavy (non-hydrogen) atoms. The highest BCUT2D eigenvalue weighted by atomic mass is 19.4. The molecular weight excluding hydrogens is 277 g/mol. The number of ketones is 1. The van der Waals surface area contributed by atoms with Crippen molar-refractivity contribution >= 4 is 5.78 Å². The highest BCUT2D eigenvalue weighted by Gasteiger charge is 2.49. The molecule has 0 aromatic heterocycles. The predicted octanol–water partition coefficient (Wildman–Crippen LogP) is 4.73. The average molecular weight is 296 g/mol. The molecular formula is C17H19F3O. The van der Waals surface area contributed by atoms with Crippen LogP contribution in [-0.4, -0.2) is 12.0 Å².